The molecule has 6 nitrogen and oxygen atoms in total. The average molecular weight is 437 g/mol. The maximum atomic E-state index is 12.8. The minimum absolute atomic E-state index is 0.0170. The molecule has 2 amide bonds. The largest absolute Gasteiger partial charge is 0.490 e. The molecule has 0 fully saturated rings. The molecule has 2 aromatic carbocycles. The third-order valence-corrected chi connectivity index (χ3v) is 5.87. The number of nitrogens with one attached hydrogen (secondary N) is 1. The summed E-state index contributed by atoms with van der Waals surface area (Å²) in [5, 5.41) is 4.85. The van der Waals surface area contributed by atoms with Crippen LogP contribution >= 0.6 is 11.3 Å². The number of nitrogens with zero attached hydrogens (tertiary/aromatic N) is 1. The van der Waals surface area contributed by atoms with Gasteiger partial charge in [0.1, 0.15) is 0 Å². The first kappa shape index (κ1) is 20.9. The Morgan fingerprint density at radius 2 is 1.84 bits per heavy atom. The molecular weight excluding hydrogens is 412 g/mol. The first-order valence-corrected chi connectivity index (χ1v) is 11.2. The zero-order chi connectivity index (χ0) is 21.8. The number of thiophene rings is 1. The van der Waals surface area contributed by atoms with Gasteiger partial charge in [-0.2, -0.15) is 0 Å². The van der Waals surface area contributed by atoms with Crippen molar-refractivity contribution in [3.63, 3.8) is 0 Å². The minimum Gasteiger partial charge on any atom is -0.490 e. The Kier molecular flexibility index (Phi) is 6.23. The van der Waals surface area contributed by atoms with E-state index in [4.69, 9.17) is 9.47 Å². The van der Waals surface area contributed by atoms with E-state index in [1.807, 2.05) is 49.6 Å². The van der Waals surface area contributed by atoms with Crippen molar-refractivity contribution in [3.05, 3.63) is 69.9 Å². The molecule has 2 heterocycles. The summed E-state index contributed by atoms with van der Waals surface area (Å²) >= 11 is 1.44. The number of benzene rings is 2. The predicted octanol–water partition coefficient (Wildman–Crippen LogP) is 5.00. The molecule has 0 aliphatic carbocycles. The van der Waals surface area contributed by atoms with Crippen LogP contribution in [0.1, 0.15) is 39.4 Å². The fourth-order valence-corrected chi connectivity index (χ4v) is 4.29. The smallest absolute Gasteiger partial charge is 0.268 e. The van der Waals surface area contributed by atoms with E-state index >= 15 is 0 Å². The fourth-order valence-electron chi connectivity index (χ4n) is 3.62. The molecule has 0 unspecified atom stereocenters. The Morgan fingerprint density at radius 1 is 1.03 bits per heavy atom. The van der Waals surface area contributed by atoms with Crippen LogP contribution in [0.2, 0.25) is 0 Å². The highest BCUT2D eigenvalue weighted by molar-refractivity contribution is 7.12. The highest BCUT2D eigenvalue weighted by Gasteiger charge is 2.26. The van der Waals surface area contributed by atoms with Crippen molar-refractivity contribution in [1.82, 2.24) is 0 Å². The van der Waals surface area contributed by atoms with Crippen LogP contribution in [-0.4, -0.2) is 31.6 Å². The third kappa shape index (κ3) is 4.41. The van der Waals surface area contributed by atoms with Crippen LogP contribution in [0.3, 0.4) is 0 Å². The van der Waals surface area contributed by atoms with Crippen LogP contribution in [0.5, 0.6) is 11.5 Å². The number of hydrogen-bond acceptors (Lipinski definition) is 5. The van der Waals surface area contributed by atoms with Crippen molar-refractivity contribution >= 4 is 34.5 Å². The predicted molar refractivity (Wildman–Crippen MR) is 123 cm³/mol. The van der Waals surface area contributed by atoms with Gasteiger partial charge >= 0.3 is 0 Å². The summed E-state index contributed by atoms with van der Waals surface area (Å²) in [5.74, 6) is 0.958. The zero-order valence-electron chi connectivity index (χ0n) is 17.5. The number of anilines is 2. The highest BCUT2D eigenvalue weighted by atomic mass is 32.1. The SMILES string of the molecule is CCOc1ccc(C(=O)Nc2ccc3c(c2)CCN3C(=O)c2cccs2)cc1OCC. The second-order valence-electron chi connectivity index (χ2n) is 7.01. The fraction of sp³-hybridized carbons (Fsp3) is 0.250. The lowest BCUT2D eigenvalue weighted by molar-refractivity contribution is 0.0991. The molecular formula is C24H24N2O4S. The van der Waals surface area contributed by atoms with E-state index in [1.54, 1.807) is 23.1 Å². The van der Waals surface area contributed by atoms with Crippen molar-refractivity contribution in [2.75, 3.05) is 30.0 Å². The first-order chi connectivity index (χ1) is 15.1. The van der Waals surface area contributed by atoms with Gasteiger partial charge in [0.2, 0.25) is 0 Å². The van der Waals surface area contributed by atoms with Gasteiger partial charge in [-0.3, -0.25) is 9.59 Å². The second-order valence-corrected chi connectivity index (χ2v) is 7.96. The Hall–Kier alpha value is -3.32. The first-order valence-electron chi connectivity index (χ1n) is 10.3. The Morgan fingerprint density at radius 3 is 2.58 bits per heavy atom. The minimum atomic E-state index is -0.228. The second kappa shape index (κ2) is 9.22. The summed E-state index contributed by atoms with van der Waals surface area (Å²) in [7, 11) is 0. The van der Waals surface area contributed by atoms with Gasteiger partial charge in [0.25, 0.3) is 11.8 Å². The van der Waals surface area contributed by atoms with Gasteiger partial charge in [0.15, 0.2) is 11.5 Å². The van der Waals surface area contributed by atoms with E-state index in [2.05, 4.69) is 5.32 Å². The Balaban J connectivity index is 1.50. The molecule has 31 heavy (non-hydrogen) atoms. The molecule has 1 aliphatic rings. The van der Waals surface area contributed by atoms with E-state index in [9.17, 15) is 9.59 Å². The molecule has 0 saturated heterocycles. The number of carbonyl (C=O) groups is 2. The summed E-state index contributed by atoms with van der Waals surface area (Å²) in [6.07, 6.45) is 0.758. The van der Waals surface area contributed by atoms with E-state index in [-0.39, 0.29) is 11.8 Å². The van der Waals surface area contributed by atoms with Crippen molar-refractivity contribution in [2.24, 2.45) is 0 Å². The molecule has 0 saturated carbocycles. The molecule has 4 rings (SSSR count). The maximum Gasteiger partial charge on any atom is 0.268 e. The number of ether oxygens (including phenoxy) is 2. The summed E-state index contributed by atoms with van der Waals surface area (Å²) in [6.45, 7) is 5.43. The van der Waals surface area contributed by atoms with E-state index in [0.717, 1.165) is 22.5 Å². The van der Waals surface area contributed by atoms with Gasteiger partial charge in [-0.15, -0.1) is 11.3 Å². The molecule has 3 aromatic rings. The van der Waals surface area contributed by atoms with Crippen LogP contribution in [0.25, 0.3) is 0 Å². The van der Waals surface area contributed by atoms with E-state index < -0.39 is 0 Å². The van der Waals surface area contributed by atoms with Crippen molar-refractivity contribution < 1.29 is 19.1 Å². The lowest BCUT2D eigenvalue weighted by Gasteiger charge is -2.17. The van der Waals surface area contributed by atoms with Gasteiger partial charge < -0.3 is 19.7 Å². The Labute approximate surface area is 185 Å². The van der Waals surface area contributed by atoms with Crippen LogP contribution < -0.4 is 19.7 Å². The topological polar surface area (TPSA) is 67.9 Å². The van der Waals surface area contributed by atoms with Crippen LogP contribution in [0, 0.1) is 0 Å². The van der Waals surface area contributed by atoms with Crippen molar-refractivity contribution in [1.29, 1.82) is 0 Å². The quantitative estimate of drug-likeness (QED) is 0.566. The summed E-state index contributed by atoms with van der Waals surface area (Å²) in [5.41, 5.74) is 3.13. The normalized spacial score (nSPS) is 12.4. The number of rotatable bonds is 7. The van der Waals surface area contributed by atoms with Gasteiger partial charge in [-0.1, -0.05) is 6.07 Å². The lowest BCUT2D eigenvalue weighted by Crippen LogP contribution is -2.28. The maximum absolute atomic E-state index is 12.8. The lowest BCUT2D eigenvalue weighted by atomic mass is 10.1. The number of fused-ring (bicyclic) bond motifs is 1. The average Bonchev–Trinajstić information content (AvgIpc) is 3.45. The zero-order valence-corrected chi connectivity index (χ0v) is 18.3. The molecule has 1 aromatic heterocycles. The summed E-state index contributed by atoms with van der Waals surface area (Å²) in [6, 6.07) is 14.5. The van der Waals surface area contributed by atoms with E-state index in [1.165, 1.54) is 11.3 Å². The molecule has 0 bridgehead atoms. The number of amides is 2. The third-order valence-electron chi connectivity index (χ3n) is 5.02. The summed E-state index contributed by atoms with van der Waals surface area (Å²) in [4.78, 5) is 28.0. The van der Waals surface area contributed by atoms with Gasteiger partial charge in [0, 0.05) is 23.5 Å². The van der Waals surface area contributed by atoms with Gasteiger partial charge in [-0.25, -0.2) is 0 Å². The molecule has 0 spiro atoms. The van der Waals surface area contributed by atoms with Crippen molar-refractivity contribution in [2.45, 2.75) is 20.3 Å². The van der Waals surface area contributed by atoms with Crippen LogP contribution in [0.15, 0.2) is 53.9 Å². The molecule has 0 atom stereocenters. The molecule has 1 N–H and O–H groups in total. The van der Waals surface area contributed by atoms with Crippen LogP contribution in [-0.2, 0) is 6.42 Å². The molecule has 7 heteroatoms. The van der Waals surface area contributed by atoms with Crippen LogP contribution in [0.4, 0.5) is 11.4 Å². The van der Waals surface area contributed by atoms with Crippen molar-refractivity contribution in [3.8, 4) is 11.5 Å². The van der Waals surface area contributed by atoms with Gasteiger partial charge in [-0.05, 0) is 73.7 Å². The molecule has 160 valence electrons. The monoisotopic (exact) mass is 436 g/mol. The number of hydrogen-bond donors (Lipinski definition) is 1. The standard InChI is InChI=1S/C24H24N2O4S/c1-3-29-20-10-7-17(15-21(20)30-4-2)23(27)25-18-8-9-19-16(14-18)11-12-26(19)24(28)22-6-5-13-31-22/h5-10,13-15H,3-4,11-12H2,1-2H3,(H,25,27). The highest BCUT2D eigenvalue weighted by Crippen LogP contribution is 2.33. The number of carbonyl (C=O) groups excluding carboxylic acids is 2. The Bertz CT molecular complexity index is 1090. The van der Waals surface area contributed by atoms with E-state index in [0.29, 0.717) is 42.5 Å². The molecule has 1 aliphatic heterocycles. The molecule has 0 radical (unpaired) electrons. The summed E-state index contributed by atoms with van der Waals surface area (Å²) < 4.78 is 11.2. The van der Waals surface area contributed by atoms with Gasteiger partial charge in [0.05, 0.1) is 18.1 Å².